The van der Waals surface area contributed by atoms with E-state index in [0.29, 0.717) is 6.42 Å². The summed E-state index contributed by atoms with van der Waals surface area (Å²) in [6.07, 6.45) is 7.01. The first-order valence-electron chi connectivity index (χ1n) is 6.38. The van der Waals surface area contributed by atoms with Gasteiger partial charge in [0.25, 0.3) is 0 Å². The van der Waals surface area contributed by atoms with Crippen molar-refractivity contribution in [2.24, 2.45) is 0 Å². The van der Waals surface area contributed by atoms with Crippen LogP contribution in [-0.2, 0) is 19.3 Å². The molecule has 0 bridgehead atoms. The highest BCUT2D eigenvalue weighted by Crippen LogP contribution is 2.25. The van der Waals surface area contributed by atoms with Gasteiger partial charge in [0.1, 0.15) is 0 Å². The lowest BCUT2D eigenvalue weighted by molar-refractivity contribution is 0.178. The second-order valence-electron chi connectivity index (χ2n) is 4.85. The molecule has 1 unspecified atom stereocenters. The molecule has 0 saturated heterocycles. The van der Waals surface area contributed by atoms with Gasteiger partial charge >= 0.3 is 0 Å². The lowest BCUT2D eigenvalue weighted by atomic mass is 9.99. The van der Waals surface area contributed by atoms with Gasteiger partial charge in [-0.2, -0.15) is 10.2 Å². The maximum absolute atomic E-state index is 10.2. The van der Waals surface area contributed by atoms with Gasteiger partial charge < -0.3 is 5.11 Å². The maximum Gasteiger partial charge on any atom is 0.0846 e. The van der Waals surface area contributed by atoms with Crippen LogP contribution < -0.4 is 0 Å². The minimum atomic E-state index is -0.500. The molecule has 92 valence electrons. The van der Waals surface area contributed by atoms with E-state index in [9.17, 15) is 5.11 Å². The Labute approximate surface area is 107 Å². The minimum Gasteiger partial charge on any atom is -0.388 e. The first-order chi connectivity index (χ1) is 8.83. The molecule has 0 amide bonds. The van der Waals surface area contributed by atoms with Crippen molar-refractivity contribution in [3.8, 4) is 0 Å². The summed E-state index contributed by atoms with van der Waals surface area (Å²) in [7, 11) is 0. The van der Waals surface area contributed by atoms with Gasteiger partial charge in [0.15, 0.2) is 0 Å². The maximum atomic E-state index is 10.2. The van der Waals surface area contributed by atoms with Crippen molar-refractivity contribution in [3.63, 3.8) is 0 Å². The molecule has 3 heteroatoms. The molecular formula is C15H16N2O. The zero-order valence-electron chi connectivity index (χ0n) is 10.2. The van der Waals surface area contributed by atoms with E-state index in [1.54, 1.807) is 12.4 Å². The smallest absolute Gasteiger partial charge is 0.0846 e. The van der Waals surface area contributed by atoms with Crippen molar-refractivity contribution < 1.29 is 5.11 Å². The van der Waals surface area contributed by atoms with Gasteiger partial charge in [0, 0.05) is 18.2 Å². The predicted molar refractivity (Wildman–Crippen MR) is 69.2 cm³/mol. The number of benzene rings is 1. The number of rotatable bonds is 3. The van der Waals surface area contributed by atoms with E-state index in [0.717, 1.165) is 5.56 Å². The van der Waals surface area contributed by atoms with Crippen LogP contribution in [0.5, 0.6) is 0 Å². The molecule has 2 aromatic rings. The Balaban J connectivity index is 1.77. The molecule has 1 heterocycles. The van der Waals surface area contributed by atoms with Crippen molar-refractivity contribution in [1.29, 1.82) is 0 Å². The Morgan fingerprint density at radius 2 is 2.00 bits per heavy atom. The molecule has 1 aliphatic rings. The largest absolute Gasteiger partial charge is 0.388 e. The Hall–Kier alpha value is -1.74. The highest BCUT2D eigenvalue weighted by Gasteiger charge is 2.13. The lowest BCUT2D eigenvalue weighted by Crippen LogP contribution is -2.03. The summed E-state index contributed by atoms with van der Waals surface area (Å²) in [5, 5.41) is 17.7. The van der Waals surface area contributed by atoms with Crippen LogP contribution in [0.4, 0.5) is 0 Å². The molecule has 0 radical (unpaired) electrons. The molecule has 18 heavy (non-hydrogen) atoms. The van der Waals surface area contributed by atoms with E-state index in [1.807, 2.05) is 6.07 Å². The standard InChI is InChI=1S/C15H16N2O/c18-15(14-6-7-16-17-10-14)9-11-4-5-12-2-1-3-13(12)8-11/h4-8,10,15,18H,1-3,9H2. The van der Waals surface area contributed by atoms with Crippen LogP contribution in [-0.4, -0.2) is 15.3 Å². The van der Waals surface area contributed by atoms with E-state index in [1.165, 1.54) is 36.0 Å². The quantitative estimate of drug-likeness (QED) is 0.895. The molecule has 3 rings (SSSR count). The van der Waals surface area contributed by atoms with Gasteiger partial charge in [-0.25, -0.2) is 0 Å². The van der Waals surface area contributed by atoms with Crippen LogP contribution in [0.25, 0.3) is 0 Å². The monoisotopic (exact) mass is 240 g/mol. The van der Waals surface area contributed by atoms with Crippen LogP contribution in [0.1, 0.15) is 34.8 Å². The summed E-state index contributed by atoms with van der Waals surface area (Å²) in [5.74, 6) is 0. The van der Waals surface area contributed by atoms with Crippen LogP contribution in [0.2, 0.25) is 0 Å². The van der Waals surface area contributed by atoms with Crippen molar-refractivity contribution in [3.05, 3.63) is 58.9 Å². The molecule has 0 saturated carbocycles. The molecule has 0 aliphatic heterocycles. The van der Waals surface area contributed by atoms with E-state index in [4.69, 9.17) is 0 Å². The number of aromatic nitrogens is 2. The van der Waals surface area contributed by atoms with Crippen molar-refractivity contribution in [2.45, 2.75) is 31.8 Å². The van der Waals surface area contributed by atoms with Crippen LogP contribution in [0, 0.1) is 0 Å². The number of fused-ring (bicyclic) bond motifs is 1. The van der Waals surface area contributed by atoms with E-state index in [-0.39, 0.29) is 0 Å². The second kappa shape index (κ2) is 4.86. The molecule has 3 nitrogen and oxygen atoms in total. The number of aliphatic hydroxyl groups excluding tert-OH is 1. The SMILES string of the molecule is OC(Cc1ccc2c(c1)CCC2)c1ccnnc1. The van der Waals surface area contributed by atoms with Crippen molar-refractivity contribution >= 4 is 0 Å². The molecular weight excluding hydrogens is 224 g/mol. The summed E-state index contributed by atoms with van der Waals surface area (Å²) in [5.41, 5.74) is 4.94. The molecule has 0 fully saturated rings. The van der Waals surface area contributed by atoms with Gasteiger partial charge in [0.05, 0.1) is 12.3 Å². The summed E-state index contributed by atoms with van der Waals surface area (Å²) in [6.45, 7) is 0. The lowest BCUT2D eigenvalue weighted by Gasteiger charge is -2.11. The third-order valence-corrected chi connectivity index (χ3v) is 3.58. The van der Waals surface area contributed by atoms with E-state index < -0.39 is 6.10 Å². The van der Waals surface area contributed by atoms with E-state index >= 15 is 0 Å². The van der Waals surface area contributed by atoms with Crippen LogP contribution in [0.3, 0.4) is 0 Å². The molecule has 1 atom stereocenters. The van der Waals surface area contributed by atoms with Crippen LogP contribution in [0.15, 0.2) is 36.7 Å². The first-order valence-corrected chi connectivity index (χ1v) is 6.38. The minimum absolute atomic E-state index is 0.500. The Morgan fingerprint density at radius 1 is 1.11 bits per heavy atom. The van der Waals surface area contributed by atoms with Gasteiger partial charge in [0.2, 0.25) is 0 Å². The Bertz CT molecular complexity index is 539. The molecule has 0 spiro atoms. The van der Waals surface area contributed by atoms with E-state index in [2.05, 4.69) is 28.4 Å². The fourth-order valence-electron chi connectivity index (χ4n) is 2.59. The molecule has 1 aliphatic carbocycles. The van der Waals surface area contributed by atoms with Crippen LogP contribution >= 0.6 is 0 Å². The van der Waals surface area contributed by atoms with Crippen molar-refractivity contribution in [2.75, 3.05) is 0 Å². The van der Waals surface area contributed by atoms with Gasteiger partial charge in [-0.1, -0.05) is 18.2 Å². The third kappa shape index (κ3) is 2.27. The fraction of sp³-hybridized carbons (Fsp3) is 0.333. The van der Waals surface area contributed by atoms with Gasteiger partial charge in [-0.05, 0) is 42.0 Å². The summed E-state index contributed by atoms with van der Waals surface area (Å²) >= 11 is 0. The number of hydrogen-bond acceptors (Lipinski definition) is 3. The fourth-order valence-corrected chi connectivity index (χ4v) is 2.59. The highest BCUT2D eigenvalue weighted by molar-refractivity contribution is 5.35. The normalized spacial score (nSPS) is 15.4. The Kier molecular flexibility index (Phi) is 3.07. The average molecular weight is 240 g/mol. The molecule has 1 N–H and O–H groups in total. The zero-order chi connectivity index (χ0) is 12.4. The number of hydrogen-bond donors (Lipinski definition) is 1. The Morgan fingerprint density at radius 3 is 2.83 bits per heavy atom. The molecule has 1 aromatic heterocycles. The second-order valence-corrected chi connectivity index (χ2v) is 4.85. The summed E-state index contributed by atoms with van der Waals surface area (Å²) < 4.78 is 0. The highest BCUT2D eigenvalue weighted by atomic mass is 16.3. The molecule has 1 aromatic carbocycles. The first kappa shape index (κ1) is 11.4. The number of nitrogens with zero attached hydrogens (tertiary/aromatic N) is 2. The number of aryl methyl sites for hydroxylation is 2. The zero-order valence-corrected chi connectivity index (χ0v) is 10.2. The third-order valence-electron chi connectivity index (χ3n) is 3.58. The van der Waals surface area contributed by atoms with Gasteiger partial charge in [-0.15, -0.1) is 0 Å². The summed E-state index contributed by atoms with van der Waals surface area (Å²) in [6, 6.07) is 8.38. The topological polar surface area (TPSA) is 46.0 Å². The summed E-state index contributed by atoms with van der Waals surface area (Å²) in [4.78, 5) is 0. The number of aliphatic hydroxyl groups is 1. The van der Waals surface area contributed by atoms with Gasteiger partial charge in [-0.3, -0.25) is 0 Å². The average Bonchev–Trinajstić information content (AvgIpc) is 2.87. The predicted octanol–water partition coefficient (Wildman–Crippen LogP) is 2.24. The van der Waals surface area contributed by atoms with Crippen molar-refractivity contribution in [1.82, 2.24) is 10.2 Å².